The smallest absolute Gasteiger partial charge is 0.162 e. The van der Waals surface area contributed by atoms with Gasteiger partial charge in [0.15, 0.2) is 5.82 Å². The molecule has 2 aromatic heterocycles. The van der Waals surface area contributed by atoms with Gasteiger partial charge in [0.05, 0.1) is 9.99 Å². The van der Waals surface area contributed by atoms with Crippen molar-refractivity contribution in [2.75, 3.05) is 12.4 Å². The molecule has 0 aliphatic carbocycles. The fraction of sp³-hybridized carbons (Fsp3) is 0.0714. The zero-order chi connectivity index (χ0) is 13.2. The molecule has 2 heterocycles. The van der Waals surface area contributed by atoms with E-state index in [1.54, 1.807) is 12.4 Å². The number of aromatic nitrogens is 3. The minimum absolute atomic E-state index is 0.686. The van der Waals surface area contributed by atoms with Gasteiger partial charge in [-0.1, -0.05) is 18.2 Å². The molecule has 0 spiro atoms. The second-order valence-electron chi connectivity index (χ2n) is 4.02. The highest BCUT2D eigenvalue weighted by atomic mass is 79.9. The number of hydrogen-bond donors (Lipinski definition) is 1. The van der Waals surface area contributed by atoms with Crippen LogP contribution in [0, 0.1) is 0 Å². The monoisotopic (exact) mass is 314 g/mol. The van der Waals surface area contributed by atoms with Crippen molar-refractivity contribution in [2.45, 2.75) is 0 Å². The zero-order valence-corrected chi connectivity index (χ0v) is 11.8. The number of nitrogens with one attached hydrogen (secondary N) is 1. The maximum absolute atomic E-state index is 4.51. The molecule has 3 aromatic rings. The van der Waals surface area contributed by atoms with Crippen LogP contribution in [0.1, 0.15) is 0 Å². The molecule has 94 valence electrons. The van der Waals surface area contributed by atoms with Crippen molar-refractivity contribution in [2.24, 2.45) is 0 Å². The maximum Gasteiger partial charge on any atom is 0.162 e. The molecule has 0 saturated heterocycles. The third-order valence-corrected chi connectivity index (χ3v) is 3.45. The lowest BCUT2D eigenvalue weighted by Crippen LogP contribution is -1.98. The first kappa shape index (κ1) is 12.0. The Hall–Kier alpha value is -2.01. The van der Waals surface area contributed by atoms with Crippen LogP contribution >= 0.6 is 15.9 Å². The first-order chi connectivity index (χ1) is 9.29. The molecule has 1 aromatic carbocycles. The van der Waals surface area contributed by atoms with Crippen LogP contribution in [0.25, 0.3) is 22.3 Å². The maximum atomic E-state index is 4.51. The average Bonchev–Trinajstić information content (AvgIpc) is 2.47. The third-order valence-electron chi connectivity index (χ3n) is 2.87. The predicted octanol–water partition coefficient (Wildman–Crippen LogP) is 3.50. The van der Waals surface area contributed by atoms with Crippen molar-refractivity contribution in [1.29, 1.82) is 0 Å². The number of fused-ring (bicyclic) bond motifs is 1. The number of rotatable bonds is 2. The summed E-state index contributed by atoms with van der Waals surface area (Å²) < 4.78 is 0.845. The number of hydrogen-bond acceptors (Lipinski definition) is 4. The Morgan fingerprint density at radius 3 is 2.79 bits per heavy atom. The lowest BCUT2D eigenvalue weighted by Gasteiger charge is -2.07. The van der Waals surface area contributed by atoms with E-state index < -0.39 is 0 Å². The van der Waals surface area contributed by atoms with Gasteiger partial charge in [-0.2, -0.15) is 0 Å². The van der Waals surface area contributed by atoms with Gasteiger partial charge in [0.1, 0.15) is 5.82 Å². The molecule has 0 atom stereocenters. The van der Waals surface area contributed by atoms with E-state index >= 15 is 0 Å². The van der Waals surface area contributed by atoms with Crippen molar-refractivity contribution >= 4 is 32.7 Å². The Balaban J connectivity index is 2.24. The summed E-state index contributed by atoms with van der Waals surface area (Å²) in [5.41, 5.74) is 1.92. The molecule has 0 radical (unpaired) electrons. The van der Waals surface area contributed by atoms with Crippen LogP contribution in [0.3, 0.4) is 0 Å². The average molecular weight is 315 g/mol. The van der Waals surface area contributed by atoms with Gasteiger partial charge in [-0.3, -0.25) is 4.98 Å². The minimum Gasteiger partial charge on any atom is -0.372 e. The molecule has 0 fully saturated rings. The Kier molecular flexibility index (Phi) is 3.13. The lowest BCUT2D eigenvalue weighted by atomic mass is 10.1. The predicted molar refractivity (Wildman–Crippen MR) is 80.0 cm³/mol. The summed E-state index contributed by atoms with van der Waals surface area (Å²) in [4.78, 5) is 13.2. The quantitative estimate of drug-likeness (QED) is 0.786. The highest BCUT2D eigenvalue weighted by Gasteiger charge is 2.09. The van der Waals surface area contributed by atoms with E-state index in [-0.39, 0.29) is 0 Å². The molecule has 4 nitrogen and oxygen atoms in total. The van der Waals surface area contributed by atoms with Crippen LogP contribution in [-0.2, 0) is 0 Å². The largest absolute Gasteiger partial charge is 0.372 e. The summed E-state index contributed by atoms with van der Waals surface area (Å²) in [6.45, 7) is 0. The van der Waals surface area contributed by atoms with Crippen LogP contribution in [0.2, 0.25) is 0 Å². The van der Waals surface area contributed by atoms with Crippen LogP contribution in [0.4, 0.5) is 5.82 Å². The molecule has 0 unspecified atom stereocenters. The van der Waals surface area contributed by atoms with Crippen LogP contribution in [0.5, 0.6) is 0 Å². The normalized spacial score (nSPS) is 10.6. The molecule has 5 heteroatoms. The number of anilines is 1. The van der Waals surface area contributed by atoms with E-state index in [2.05, 4.69) is 36.2 Å². The molecule has 0 bridgehead atoms. The SMILES string of the molecule is CNc1nc(-c2ccnc3ccccc23)ncc1Br. The van der Waals surface area contributed by atoms with Gasteiger partial charge in [-0.15, -0.1) is 0 Å². The number of halogens is 1. The molecule has 0 amide bonds. The van der Waals surface area contributed by atoms with E-state index in [9.17, 15) is 0 Å². The summed E-state index contributed by atoms with van der Waals surface area (Å²) in [6, 6.07) is 9.91. The molecule has 19 heavy (non-hydrogen) atoms. The molecule has 3 rings (SSSR count). The van der Waals surface area contributed by atoms with E-state index in [1.165, 1.54) is 0 Å². The number of para-hydroxylation sites is 1. The minimum atomic E-state index is 0.686. The second-order valence-corrected chi connectivity index (χ2v) is 4.87. The molecular weight excluding hydrogens is 304 g/mol. The Morgan fingerprint density at radius 1 is 1.11 bits per heavy atom. The van der Waals surface area contributed by atoms with Crippen LogP contribution < -0.4 is 5.32 Å². The van der Waals surface area contributed by atoms with E-state index in [0.717, 1.165) is 26.8 Å². The Morgan fingerprint density at radius 2 is 1.95 bits per heavy atom. The lowest BCUT2D eigenvalue weighted by molar-refractivity contribution is 1.15. The highest BCUT2D eigenvalue weighted by Crippen LogP contribution is 2.27. The molecular formula is C14H11BrN4. The van der Waals surface area contributed by atoms with Crippen molar-refractivity contribution in [1.82, 2.24) is 15.0 Å². The van der Waals surface area contributed by atoms with Crippen molar-refractivity contribution < 1.29 is 0 Å². The van der Waals surface area contributed by atoms with Crippen molar-refractivity contribution in [3.63, 3.8) is 0 Å². The first-order valence-corrected chi connectivity index (χ1v) is 6.63. The first-order valence-electron chi connectivity index (χ1n) is 5.84. The van der Waals surface area contributed by atoms with Crippen LogP contribution in [-0.4, -0.2) is 22.0 Å². The fourth-order valence-electron chi connectivity index (χ4n) is 1.96. The van der Waals surface area contributed by atoms with E-state index in [0.29, 0.717) is 5.82 Å². The van der Waals surface area contributed by atoms with Gasteiger partial charge in [-0.25, -0.2) is 9.97 Å². The fourth-order valence-corrected chi connectivity index (χ4v) is 2.35. The second kappa shape index (κ2) is 4.93. The van der Waals surface area contributed by atoms with E-state index in [1.807, 2.05) is 37.4 Å². The standard InChI is InChI=1S/C14H11BrN4/c1-16-14-11(15)8-18-13(19-14)10-6-7-17-12-5-3-2-4-9(10)12/h2-8H,1H3,(H,16,18,19). The van der Waals surface area contributed by atoms with Gasteiger partial charge in [-0.05, 0) is 28.1 Å². The summed E-state index contributed by atoms with van der Waals surface area (Å²) >= 11 is 3.41. The summed E-state index contributed by atoms with van der Waals surface area (Å²) in [5, 5.41) is 4.09. The third kappa shape index (κ3) is 2.17. The topological polar surface area (TPSA) is 50.7 Å². The van der Waals surface area contributed by atoms with Crippen LogP contribution in [0.15, 0.2) is 47.2 Å². The van der Waals surface area contributed by atoms with Gasteiger partial charge in [0.25, 0.3) is 0 Å². The zero-order valence-electron chi connectivity index (χ0n) is 10.3. The van der Waals surface area contributed by atoms with Gasteiger partial charge >= 0.3 is 0 Å². The van der Waals surface area contributed by atoms with E-state index in [4.69, 9.17) is 0 Å². The summed E-state index contributed by atoms with van der Waals surface area (Å²) in [5.74, 6) is 1.46. The number of nitrogens with zero attached hydrogens (tertiary/aromatic N) is 3. The molecule has 1 N–H and O–H groups in total. The van der Waals surface area contributed by atoms with Crippen molar-refractivity contribution in [3.05, 3.63) is 47.2 Å². The van der Waals surface area contributed by atoms with Crippen molar-refractivity contribution in [3.8, 4) is 11.4 Å². The molecule has 0 aliphatic heterocycles. The molecule has 0 aliphatic rings. The van der Waals surface area contributed by atoms with Gasteiger partial charge in [0, 0.05) is 30.4 Å². The van der Waals surface area contributed by atoms with Gasteiger partial charge < -0.3 is 5.32 Å². The molecule has 0 saturated carbocycles. The Bertz CT molecular complexity index is 737. The summed E-state index contributed by atoms with van der Waals surface area (Å²) in [7, 11) is 1.83. The highest BCUT2D eigenvalue weighted by molar-refractivity contribution is 9.10. The summed E-state index contributed by atoms with van der Waals surface area (Å²) in [6.07, 6.45) is 3.53. The van der Waals surface area contributed by atoms with Gasteiger partial charge in [0.2, 0.25) is 0 Å². The Labute approximate surface area is 119 Å². The number of benzene rings is 1. The number of pyridine rings is 1.